The lowest BCUT2D eigenvalue weighted by Crippen LogP contribution is -2.09. The van der Waals surface area contributed by atoms with Crippen LogP contribution in [0.4, 0.5) is 11.4 Å². The molecule has 23 heavy (non-hydrogen) atoms. The van der Waals surface area contributed by atoms with E-state index in [4.69, 9.17) is 10.00 Å². The lowest BCUT2D eigenvalue weighted by Gasteiger charge is -2.04. The molecule has 0 aliphatic rings. The van der Waals surface area contributed by atoms with Crippen LogP contribution < -0.4 is 4.74 Å². The van der Waals surface area contributed by atoms with Crippen LogP contribution in [0.3, 0.4) is 0 Å². The summed E-state index contributed by atoms with van der Waals surface area (Å²) in [5.41, 5.74) is -1.15. The quantitative estimate of drug-likeness (QED) is 0.366. The minimum absolute atomic E-state index is 0.100. The molecule has 0 heterocycles. The fraction of sp³-hybridized carbons (Fsp3) is 0. The zero-order valence-corrected chi connectivity index (χ0v) is 11.3. The van der Waals surface area contributed by atoms with Crippen LogP contribution >= 0.6 is 0 Å². The third kappa shape index (κ3) is 3.64. The van der Waals surface area contributed by atoms with E-state index in [-0.39, 0.29) is 11.3 Å². The number of hydrogen-bond donors (Lipinski definition) is 0. The molecule has 0 saturated carbocycles. The van der Waals surface area contributed by atoms with Gasteiger partial charge < -0.3 is 4.74 Å². The first kappa shape index (κ1) is 15.6. The number of rotatable bonds is 4. The molecular weight excluding hydrogens is 306 g/mol. The maximum Gasteiger partial charge on any atom is 0.344 e. The molecule has 9 nitrogen and oxygen atoms in total. The Balaban J connectivity index is 2.32. The van der Waals surface area contributed by atoms with Gasteiger partial charge in [-0.3, -0.25) is 20.2 Å². The normalized spacial score (nSPS) is 9.70. The minimum Gasteiger partial charge on any atom is -0.423 e. The Morgan fingerprint density at radius 3 is 1.96 bits per heavy atom. The molecule has 2 aromatic rings. The van der Waals surface area contributed by atoms with Gasteiger partial charge in [-0.05, 0) is 24.3 Å². The average molecular weight is 313 g/mol. The number of nitro benzene ring substituents is 2. The smallest absolute Gasteiger partial charge is 0.344 e. The van der Waals surface area contributed by atoms with E-state index in [1.807, 2.05) is 6.07 Å². The van der Waals surface area contributed by atoms with Gasteiger partial charge in [0.25, 0.3) is 11.4 Å². The molecule has 0 fully saturated rings. The highest BCUT2D eigenvalue weighted by atomic mass is 16.6. The highest BCUT2D eigenvalue weighted by Crippen LogP contribution is 2.24. The molecule has 0 bridgehead atoms. The summed E-state index contributed by atoms with van der Waals surface area (Å²) in [7, 11) is 0. The molecule has 0 N–H and O–H groups in total. The molecule has 0 atom stereocenters. The van der Waals surface area contributed by atoms with Gasteiger partial charge in [0.1, 0.15) is 5.75 Å². The number of nitro groups is 2. The Labute approximate surface area is 128 Å². The van der Waals surface area contributed by atoms with Crippen molar-refractivity contribution in [3.05, 3.63) is 73.8 Å². The predicted molar refractivity (Wildman–Crippen MR) is 75.9 cm³/mol. The van der Waals surface area contributed by atoms with Crippen molar-refractivity contribution < 1.29 is 19.4 Å². The van der Waals surface area contributed by atoms with Crippen molar-refractivity contribution >= 4 is 17.3 Å². The van der Waals surface area contributed by atoms with Gasteiger partial charge in [-0.25, -0.2) is 4.79 Å². The summed E-state index contributed by atoms with van der Waals surface area (Å²) in [6.45, 7) is 0. The second-order valence-electron chi connectivity index (χ2n) is 4.28. The largest absolute Gasteiger partial charge is 0.423 e. The number of hydrogen-bond acceptors (Lipinski definition) is 7. The molecule has 0 aromatic heterocycles. The molecule has 0 unspecified atom stereocenters. The third-order valence-electron chi connectivity index (χ3n) is 2.75. The molecule has 2 rings (SSSR count). The van der Waals surface area contributed by atoms with Gasteiger partial charge in [0.2, 0.25) is 0 Å². The molecule has 0 spiro atoms. The zero-order valence-electron chi connectivity index (χ0n) is 11.3. The third-order valence-corrected chi connectivity index (χ3v) is 2.75. The van der Waals surface area contributed by atoms with E-state index in [0.29, 0.717) is 5.56 Å². The van der Waals surface area contributed by atoms with Gasteiger partial charge in [0.15, 0.2) is 0 Å². The summed E-state index contributed by atoms with van der Waals surface area (Å²) < 4.78 is 4.98. The highest BCUT2D eigenvalue weighted by molar-refractivity contribution is 5.92. The zero-order chi connectivity index (χ0) is 17.0. The number of carbonyl (C=O) groups excluding carboxylic acids is 1. The standard InChI is InChI=1S/C14H7N3O6/c15-8-9-1-3-13(4-2-9)23-14(18)10-5-11(16(19)20)7-12(6-10)17(21)22/h1-7H. The first-order chi connectivity index (χ1) is 10.9. The summed E-state index contributed by atoms with van der Waals surface area (Å²) in [4.78, 5) is 31.9. The first-order valence-corrected chi connectivity index (χ1v) is 6.07. The van der Waals surface area contributed by atoms with Crippen molar-refractivity contribution in [3.63, 3.8) is 0 Å². The van der Waals surface area contributed by atoms with Crippen LogP contribution in [0.1, 0.15) is 15.9 Å². The number of ether oxygens (including phenoxy) is 1. The van der Waals surface area contributed by atoms with Crippen LogP contribution in [-0.4, -0.2) is 15.8 Å². The molecule has 9 heteroatoms. The van der Waals surface area contributed by atoms with Crippen molar-refractivity contribution in [2.75, 3.05) is 0 Å². The van der Waals surface area contributed by atoms with Crippen molar-refractivity contribution in [2.45, 2.75) is 0 Å². The van der Waals surface area contributed by atoms with Crippen molar-refractivity contribution in [1.82, 2.24) is 0 Å². The van der Waals surface area contributed by atoms with Crippen LogP contribution in [0.15, 0.2) is 42.5 Å². The van der Waals surface area contributed by atoms with Gasteiger partial charge >= 0.3 is 5.97 Å². The fourth-order valence-electron chi connectivity index (χ4n) is 1.69. The lowest BCUT2D eigenvalue weighted by atomic mass is 10.1. The number of esters is 1. The van der Waals surface area contributed by atoms with E-state index in [1.54, 1.807) is 0 Å². The second kappa shape index (κ2) is 6.31. The van der Waals surface area contributed by atoms with Gasteiger partial charge in [0.05, 0.1) is 33.1 Å². The maximum absolute atomic E-state index is 12.0. The summed E-state index contributed by atoms with van der Waals surface area (Å²) in [6.07, 6.45) is 0. The lowest BCUT2D eigenvalue weighted by molar-refractivity contribution is -0.394. The van der Waals surface area contributed by atoms with E-state index >= 15 is 0 Å². The Bertz CT molecular complexity index is 806. The van der Waals surface area contributed by atoms with Crippen molar-refractivity contribution in [1.29, 1.82) is 5.26 Å². The van der Waals surface area contributed by atoms with Crippen LogP contribution in [0.25, 0.3) is 0 Å². The average Bonchev–Trinajstić information content (AvgIpc) is 2.55. The van der Waals surface area contributed by atoms with Crippen molar-refractivity contribution in [2.24, 2.45) is 0 Å². The van der Waals surface area contributed by atoms with Crippen LogP contribution in [0.5, 0.6) is 5.75 Å². The van der Waals surface area contributed by atoms with Gasteiger partial charge in [-0.15, -0.1) is 0 Å². The van der Waals surface area contributed by atoms with Crippen LogP contribution in [0.2, 0.25) is 0 Å². The summed E-state index contributed by atoms with van der Waals surface area (Å²) in [5.74, 6) is -0.885. The van der Waals surface area contributed by atoms with E-state index in [9.17, 15) is 25.0 Å². The van der Waals surface area contributed by atoms with Crippen molar-refractivity contribution in [3.8, 4) is 11.8 Å². The van der Waals surface area contributed by atoms with Gasteiger partial charge in [-0.1, -0.05) is 0 Å². The molecular formula is C14H7N3O6. The van der Waals surface area contributed by atoms with E-state index in [1.165, 1.54) is 24.3 Å². The molecule has 0 aliphatic carbocycles. The Hall–Kier alpha value is -3.80. The van der Waals surface area contributed by atoms with Crippen LogP contribution in [-0.2, 0) is 0 Å². The monoisotopic (exact) mass is 313 g/mol. The maximum atomic E-state index is 12.0. The topological polar surface area (TPSA) is 136 Å². The molecule has 0 aliphatic heterocycles. The van der Waals surface area contributed by atoms with E-state index in [2.05, 4.69) is 0 Å². The fourth-order valence-corrected chi connectivity index (χ4v) is 1.69. The molecule has 0 saturated heterocycles. The number of nitrogens with zero attached hydrogens (tertiary/aromatic N) is 3. The number of benzene rings is 2. The molecule has 2 aromatic carbocycles. The van der Waals surface area contributed by atoms with Gasteiger partial charge in [0, 0.05) is 12.1 Å². The summed E-state index contributed by atoms with van der Waals surface area (Å²) >= 11 is 0. The second-order valence-corrected chi connectivity index (χ2v) is 4.28. The highest BCUT2D eigenvalue weighted by Gasteiger charge is 2.21. The number of carbonyl (C=O) groups is 1. The van der Waals surface area contributed by atoms with E-state index < -0.39 is 27.2 Å². The predicted octanol–water partition coefficient (Wildman–Crippen LogP) is 2.59. The van der Waals surface area contributed by atoms with E-state index in [0.717, 1.165) is 18.2 Å². The molecule has 0 amide bonds. The first-order valence-electron chi connectivity index (χ1n) is 6.07. The SMILES string of the molecule is N#Cc1ccc(OC(=O)c2cc([N+](=O)[O-])cc([N+](=O)[O-])c2)cc1. The Morgan fingerprint density at radius 1 is 1.00 bits per heavy atom. The molecule has 0 radical (unpaired) electrons. The minimum atomic E-state index is -0.985. The molecule has 114 valence electrons. The van der Waals surface area contributed by atoms with Crippen LogP contribution in [0, 0.1) is 31.6 Å². The summed E-state index contributed by atoms with van der Waals surface area (Å²) in [6, 6.07) is 9.97. The Morgan fingerprint density at radius 2 is 1.52 bits per heavy atom. The number of non-ortho nitro benzene ring substituents is 2. The number of nitriles is 1. The van der Waals surface area contributed by atoms with Gasteiger partial charge in [-0.2, -0.15) is 5.26 Å². The summed E-state index contributed by atoms with van der Waals surface area (Å²) in [5, 5.41) is 30.2. The Kier molecular flexibility index (Phi) is 4.28.